The Morgan fingerprint density at radius 1 is 1.03 bits per heavy atom. The maximum Gasteiger partial charge on any atom is 0.257 e. The number of ether oxygens (including phenoxy) is 1. The standard InChI is InChI=1S/C20H14ClF2N5O2/c21-13-5-2-1-4-12(13)19-26-25-16-8-9-17(27-28(16)19)30-11-10-24-20(29)18-14(22)6-3-7-15(18)23/h1-9H,10-11H2,(H,24,29). The van der Waals surface area contributed by atoms with E-state index in [2.05, 4.69) is 20.6 Å². The minimum Gasteiger partial charge on any atom is -0.475 e. The van der Waals surface area contributed by atoms with Crippen LogP contribution in [0, 0.1) is 11.6 Å². The van der Waals surface area contributed by atoms with Gasteiger partial charge in [0.1, 0.15) is 23.8 Å². The summed E-state index contributed by atoms with van der Waals surface area (Å²) in [6.45, 7) is 0.0513. The van der Waals surface area contributed by atoms with Crippen molar-refractivity contribution in [3.63, 3.8) is 0 Å². The fourth-order valence-corrected chi connectivity index (χ4v) is 3.00. The number of carbonyl (C=O) groups excluding carboxylic acids is 1. The molecule has 0 bridgehead atoms. The van der Waals surface area contributed by atoms with Gasteiger partial charge in [-0.1, -0.05) is 29.8 Å². The molecule has 1 N–H and O–H groups in total. The maximum atomic E-state index is 13.6. The van der Waals surface area contributed by atoms with Crippen molar-refractivity contribution < 1.29 is 18.3 Å². The molecule has 1 amide bonds. The van der Waals surface area contributed by atoms with E-state index >= 15 is 0 Å². The van der Waals surface area contributed by atoms with E-state index in [0.29, 0.717) is 22.1 Å². The number of fused-ring (bicyclic) bond motifs is 1. The first kappa shape index (κ1) is 19.7. The largest absolute Gasteiger partial charge is 0.475 e. The molecule has 0 radical (unpaired) electrons. The predicted octanol–water partition coefficient (Wildman–Crippen LogP) is 3.53. The summed E-state index contributed by atoms with van der Waals surface area (Å²) in [4.78, 5) is 12.0. The van der Waals surface area contributed by atoms with Crippen LogP contribution >= 0.6 is 11.6 Å². The van der Waals surface area contributed by atoms with Gasteiger partial charge in [-0.3, -0.25) is 4.79 Å². The fourth-order valence-electron chi connectivity index (χ4n) is 2.78. The van der Waals surface area contributed by atoms with Crippen LogP contribution in [-0.2, 0) is 0 Å². The Kier molecular flexibility index (Phi) is 5.53. The zero-order valence-electron chi connectivity index (χ0n) is 15.3. The Balaban J connectivity index is 1.43. The van der Waals surface area contributed by atoms with Gasteiger partial charge in [-0.05, 0) is 30.3 Å². The summed E-state index contributed by atoms with van der Waals surface area (Å²) >= 11 is 6.23. The molecular weight excluding hydrogens is 416 g/mol. The molecule has 0 spiro atoms. The van der Waals surface area contributed by atoms with E-state index in [4.69, 9.17) is 16.3 Å². The lowest BCUT2D eigenvalue weighted by molar-refractivity contribution is 0.0938. The van der Waals surface area contributed by atoms with E-state index in [1.54, 1.807) is 30.3 Å². The van der Waals surface area contributed by atoms with Crippen molar-refractivity contribution in [1.29, 1.82) is 0 Å². The minimum atomic E-state index is -0.930. The smallest absolute Gasteiger partial charge is 0.257 e. The van der Waals surface area contributed by atoms with Crippen LogP contribution in [0.3, 0.4) is 0 Å². The Bertz CT molecular complexity index is 1210. The second kappa shape index (κ2) is 8.42. The monoisotopic (exact) mass is 429 g/mol. The molecule has 4 rings (SSSR count). The normalized spacial score (nSPS) is 10.9. The number of rotatable bonds is 6. The zero-order chi connectivity index (χ0) is 21.1. The number of aromatic nitrogens is 4. The number of hydrogen-bond acceptors (Lipinski definition) is 5. The first-order valence-corrected chi connectivity index (χ1v) is 9.25. The molecule has 0 aliphatic carbocycles. The number of nitrogens with zero attached hydrogens (tertiary/aromatic N) is 4. The van der Waals surface area contributed by atoms with E-state index in [9.17, 15) is 13.6 Å². The van der Waals surface area contributed by atoms with Crippen molar-refractivity contribution >= 4 is 23.2 Å². The van der Waals surface area contributed by atoms with Gasteiger partial charge in [0.15, 0.2) is 11.5 Å². The van der Waals surface area contributed by atoms with Crippen LogP contribution in [0.25, 0.3) is 17.0 Å². The van der Waals surface area contributed by atoms with Gasteiger partial charge in [-0.2, -0.15) is 4.52 Å². The number of carbonyl (C=O) groups is 1. The van der Waals surface area contributed by atoms with Crippen molar-refractivity contribution in [2.45, 2.75) is 0 Å². The summed E-state index contributed by atoms with van der Waals surface area (Å²) < 4.78 is 34.3. The van der Waals surface area contributed by atoms with E-state index in [1.807, 2.05) is 6.07 Å². The minimum absolute atomic E-state index is 0.0197. The Morgan fingerprint density at radius 3 is 2.57 bits per heavy atom. The second-order valence-corrected chi connectivity index (χ2v) is 6.55. The van der Waals surface area contributed by atoms with Gasteiger partial charge in [-0.25, -0.2) is 8.78 Å². The summed E-state index contributed by atoms with van der Waals surface area (Å²) in [5, 5.41) is 15.4. The molecule has 0 aliphatic rings. The Hall–Kier alpha value is -3.59. The van der Waals surface area contributed by atoms with Gasteiger partial charge < -0.3 is 10.1 Å². The molecular formula is C20H14ClF2N5O2. The van der Waals surface area contributed by atoms with Gasteiger partial charge in [0.05, 0.1) is 11.6 Å². The molecule has 0 unspecified atom stereocenters. The average molecular weight is 430 g/mol. The highest BCUT2D eigenvalue weighted by molar-refractivity contribution is 6.33. The summed E-state index contributed by atoms with van der Waals surface area (Å²) in [6, 6.07) is 13.6. The van der Waals surface area contributed by atoms with Crippen LogP contribution in [0.4, 0.5) is 8.78 Å². The van der Waals surface area contributed by atoms with Crippen LogP contribution in [-0.4, -0.2) is 38.9 Å². The highest BCUT2D eigenvalue weighted by Crippen LogP contribution is 2.26. The molecule has 0 saturated heterocycles. The predicted molar refractivity (Wildman–Crippen MR) is 105 cm³/mol. The van der Waals surface area contributed by atoms with Gasteiger partial charge in [0.25, 0.3) is 5.91 Å². The van der Waals surface area contributed by atoms with Crippen molar-refractivity contribution in [3.05, 3.63) is 76.8 Å². The lowest BCUT2D eigenvalue weighted by Crippen LogP contribution is -2.29. The van der Waals surface area contributed by atoms with Crippen molar-refractivity contribution in [2.24, 2.45) is 0 Å². The maximum absolute atomic E-state index is 13.6. The van der Waals surface area contributed by atoms with E-state index in [-0.39, 0.29) is 19.0 Å². The summed E-state index contributed by atoms with van der Waals surface area (Å²) in [6.07, 6.45) is 0. The first-order valence-electron chi connectivity index (χ1n) is 8.87. The third kappa shape index (κ3) is 3.92. The van der Waals surface area contributed by atoms with Gasteiger partial charge in [0.2, 0.25) is 5.88 Å². The summed E-state index contributed by atoms with van der Waals surface area (Å²) in [7, 11) is 0. The number of nitrogens with one attached hydrogen (secondary N) is 1. The van der Waals surface area contributed by atoms with Gasteiger partial charge in [-0.15, -0.1) is 15.3 Å². The molecule has 2 heterocycles. The highest BCUT2D eigenvalue weighted by atomic mass is 35.5. The van der Waals surface area contributed by atoms with Crippen LogP contribution in [0.5, 0.6) is 5.88 Å². The molecule has 30 heavy (non-hydrogen) atoms. The van der Waals surface area contributed by atoms with Crippen molar-refractivity contribution in [2.75, 3.05) is 13.2 Å². The van der Waals surface area contributed by atoms with Gasteiger partial charge in [0, 0.05) is 11.6 Å². The summed E-state index contributed by atoms with van der Waals surface area (Å²) in [5.74, 6) is -2.02. The molecule has 2 aromatic heterocycles. The van der Waals surface area contributed by atoms with E-state index in [0.717, 1.165) is 12.1 Å². The van der Waals surface area contributed by atoms with Crippen molar-refractivity contribution in [3.8, 4) is 17.3 Å². The second-order valence-electron chi connectivity index (χ2n) is 6.15. The third-order valence-corrected chi connectivity index (χ3v) is 4.51. The number of hydrogen-bond donors (Lipinski definition) is 1. The molecule has 0 aliphatic heterocycles. The van der Waals surface area contributed by atoms with Crippen molar-refractivity contribution in [1.82, 2.24) is 25.1 Å². The Morgan fingerprint density at radius 2 is 1.80 bits per heavy atom. The lowest BCUT2D eigenvalue weighted by atomic mass is 10.2. The zero-order valence-corrected chi connectivity index (χ0v) is 16.1. The molecule has 4 aromatic rings. The number of amides is 1. The quantitative estimate of drug-likeness (QED) is 0.474. The molecule has 7 nitrogen and oxygen atoms in total. The number of halogens is 3. The SMILES string of the molecule is O=C(NCCOc1ccc2nnc(-c3ccccc3Cl)n2n1)c1c(F)cccc1F. The highest BCUT2D eigenvalue weighted by Gasteiger charge is 2.16. The molecule has 10 heteroatoms. The molecule has 0 fully saturated rings. The molecule has 2 aromatic carbocycles. The molecule has 0 atom stereocenters. The summed E-state index contributed by atoms with van der Waals surface area (Å²) in [5.41, 5.74) is 0.530. The Labute approximate surface area is 174 Å². The van der Waals surface area contributed by atoms with Crippen LogP contribution in [0.2, 0.25) is 5.02 Å². The van der Waals surface area contributed by atoms with E-state index in [1.165, 1.54) is 10.6 Å². The van der Waals surface area contributed by atoms with Crippen LogP contribution in [0.1, 0.15) is 10.4 Å². The average Bonchev–Trinajstić information content (AvgIpc) is 3.14. The fraction of sp³-hybridized carbons (Fsp3) is 0.100. The third-order valence-electron chi connectivity index (χ3n) is 4.18. The first-order chi connectivity index (χ1) is 14.5. The van der Waals surface area contributed by atoms with Gasteiger partial charge >= 0.3 is 0 Å². The van der Waals surface area contributed by atoms with Crippen LogP contribution in [0.15, 0.2) is 54.6 Å². The van der Waals surface area contributed by atoms with E-state index < -0.39 is 23.1 Å². The molecule has 152 valence electrons. The van der Waals surface area contributed by atoms with Crippen LogP contribution < -0.4 is 10.1 Å². The number of benzene rings is 2. The topological polar surface area (TPSA) is 81.4 Å². The molecule has 0 saturated carbocycles. The lowest BCUT2D eigenvalue weighted by Gasteiger charge is -2.09.